The summed E-state index contributed by atoms with van der Waals surface area (Å²) in [6, 6.07) is 17.8. The number of benzene rings is 3. The molecule has 4 heteroatoms. The molecule has 226 valence electrons. The minimum absolute atomic E-state index is 0.359. The smallest absolute Gasteiger partial charge is 0.136 e. The summed E-state index contributed by atoms with van der Waals surface area (Å²) in [5.41, 5.74) is 5.21. The van der Waals surface area contributed by atoms with Gasteiger partial charge in [-0.1, -0.05) is 89.6 Å². The molecule has 2 aromatic heterocycles. The van der Waals surface area contributed by atoms with Crippen molar-refractivity contribution in [1.82, 2.24) is 0 Å². The molecule has 0 aliphatic heterocycles. The zero-order chi connectivity index (χ0) is 29.1. The predicted molar refractivity (Wildman–Crippen MR) is 191 cm³/mol. The number of thioether (sulfide) groups is 1. The van der Waals surface area contributed by atoms with Crippen LogP contribution in [0, 0.1) is 0 Å². The third-order valence-corrected chi connectivity index (χ3v) is 11.4. The van der Waals surface area contributed by atoms with Crippen molar-refractivity contribution in [3.8, 4) is 0 Å². The van der Waals surface area contributed by atoms with Gasteiger partial charge < -0.3 is 8.83 Å². The van der Waals surface area contributed by atoms with Crippen LogP contribution >= 0.6 is 22.2 Å². The fraction of sp³-hybridized carbons (Fsp3) is 0.500. The van der Waals surface area contributed by atoms with Gasteiger partial charge in [-0.25, -0.2) is 0 Å². The molecule has 2 heterocycles. The average molecular weight is 603 g/mol. The molecule has 0 saturated carbocycles. The maximum Gasteiger partial charge on any atom is 0.136 e. The lowest BCUT2D eigenvalue weighted by Gasteiger charge is -2.06. The fourth-order valence-corrected chi connectivity index (χ4v) is 8.46. The molecule has 0 aliphatic carbocycles. The topological polar surface area (TPSA) is 26.3 Å². The Morgan fingerprint density at radius 3 is 1.86 bits per heavy atom. The zero-order valence-corrected chi connectivity index (χ0v) is 27.6. The van der Waals surface area contributed by atoms with Crippen molar-refractivity contribution in [2.24, 2.45) is 0 Å². The Balaban J connectivity index is 1.18. The Morgan fingerprint density at radius 1 is 0.571 bits per heavy atom. The monoisotopic (exact) mass is 602 g/mol. The van der Waals surface area contributed by atoms with E-state index in [1.165, 1.54) is 122 Å². The van der Waals surface area contributed by atoms with Gasteiger partial charge in [-0.15, -0.1) is 11.8 Å². The number of fused-ring (bicyclic) bond motifs is 6. The number of hydrogen-bond donors (Lipinski definition) is 0. The molecule has 0 N–H and O–H groups in total. The standard InChI is InChI=1S/C38H50O2S2/c1-4-6-8-9-10-11-12-15-22-41-30-19-21-32-34-28-37-33(27-38(34)40-36(32)26-30)31-20-18-29(25-35(31)39-37)17-14-13-16-24-42(3)23-7-5-2/h18-21,25-28H,3-17,22-24H2,1-2H3. The molecule has 0 saturated heterocycles. The van der Waals surface area contributed by atoms with Crippen molar-refractivity contribution in [1.29, 1.82) is 0 Å². The molecule has 2 nitrogen and oxygen atoms in total. The first kappa shape index (κ1) is 31.3. The summed E-state index contributed by atoms with van der Waals surface area (Å²) in [6.07, 6.45) is 18.5. The van der Waals surface area contributed by atoms with Gasteiger partial charge in [0.15, 0.2) is 0 Å². The van der Waals surface area contributed by atoms with Crippen LogP contribution in [0.5, 0.6) is 0 Å². The van der Waals surface area contributed by atoms with Crippen molar-refractivity contribution in [3.05, 3.63) is 54.1 Å². The van der Waals surface area contributed by atoms with E-state index in [9.17, 15) is 0 Å². The van der Waals surface area contributed by atoms with Crippen molar-refractivity contribution in [2.45, 2.75) is 109 Å². The second kappa shape index (κ2) is 16.1. The van der Waals surface area contributed by atoms with Gasteiger partial charge in [0.2, 0.25) is 0 Å². The molecular formula is C38H50O2S2. The quantitative estimate of drug-likeness (QED) is 0.0534. The third-order valence-electron chi connectivity index (χ3n) is 8.55. The van der Waals surface area contributed by atoms with E-state index in [0.717, 1.165) is 39.5 Å². The SMILES string of the molecule is C=S(CCCC)CCCCCc1ccc2c(c1)oc1cc3c(cc12)oc1cc(SCCCCCCCCCC)ccc13. The molecule has 42 heavy (non-hydrogen) atoms. The van der Waals surface area contributed by atoms with Gasteiger partial charge in [0.05, 0.1) is 0 Å². The van der Waals surface area contributed by atoms with Crippen LogP contribution in [0.15, 0.2) is 62.3 Å². The van der Waals surface area contributed by atoms with Gasteiger partial charge >= 0.3 is 0 Å². The van der Waals surface area contributed by atoms with Gasteiger partial charge in [0.25, 0.3) is 0 Å². The highest BCUT2D eigenvalue weighted by molar-refractivity contribution is 8.14. The summed E-state index contributed by atoms with van der Waals surface area (Å²) in [6.45, 7) is 4.55. The van der Waals surface area contributed by atoms with E-state index in [2.05, 4.69) is 68.2 Å². The second-order valence-corrected chi connectivity index (χ2v) is 15.3. The molecule has 1 atom stereocenters. The number of aryl methyl sites for hydroxylation is 1. The van der Waals surface area contributed by atoms with Crippen molar-refractivity contribution in [3.63, 3.8) is 0 Å². The molecular weight excluding hydrogens is 553 g/mol. The Morgan fingerprint density at radius 2 is 1.14 bits per heavy atom. The minimum Gasteiger partial charge on any atom is -0.456 e. The summed E-state index contributed by atoms with van der Waals surface area (Å²) in [4.78, 5) is 1.30. The highest BCUT2D eigenvalue weighted by Gasteiger charge is 2.14. The van der Waals surface area contributed by atoms with Gasteiger partial charge in [-0.2, -0.15) is 10.5 Å². The molecule has 5 rings (SSSR count). The zero-order valence-electron chi connectivity index (χ0n) is 26.0. The lowest BCUT2D eigenvalue weighted by atomic mass is 10.0. The Labute approximate surface area is 259 Å². The summed E-state index contributed by atoms with van der Waals surface area (Å²) >= 11 is 1.96. The lowest BCUT2D eigenvalue weighted by molar-refractivity contribution is 0.586. The number of furan rings is 2. The summed E-state index contributed by atoms with van der Waals surface area (Å²) < 4.78 is 12.8. The Hall–Kier alpha value is -2.17. The van der Waals surface area contributed by atoms with Crippen molar-refractivity contribution < 1.29 is 8.83 Å². The minimum atomic E-state index is 0.359. The molecule has 3 aromatic carbocycles. The van der Waals surface area contributed by atoms with E-state index in [-0.39, 0.29) is 0 Å². The van der Waals surface area contributed by atoms with Gasteiger partial charge in [0.1, 0.15) is 22.3 Å². The van der Waals surface area contributed by atoms with E-state index < -0.39 is 0 Å². The summed E-state index contributed by atoms with van der Waals surface area (Å²) in [7, 11) is 0.359. The summed E-state index contributed by atoms with van der Waals surface area (Å²) in [5.74, 6) is 8.13. The van der Waals surface area contributed by atoms with Gasteiger partial charge in [-0.05, 0) is 91.3 Å². The van der Waals surface area contributed by atoms with Crippen LogP contribution in [-0.4, -0.2) is 23.1 Å². The first-order valence-corrected chi connectivity index (χ1v) is 19.3. The van der Waals surface area contributed by atoms with E-state index in [4.69, 9.17) is 8.83 Å². The maximum atomic E-state index is 6.40. The Bertz CT molecular complexity index is 1590. The first-order chi connectivity index (χ1) is 20.7. The third kappa shape index (κ3) is 8.26. The van der Waals surface area contributed by atoms with Crippen molar-refractivity contribution >= 4 is 72.0 Å². The maximum absolute atomic E-state index is 6.40. The van der Waals surface area contributed by atoms with Crippen molar-refractivity contribution in [2.75, 3.05) is 17.3 Å². The molecule has 0 amide bonds. The molecule has 0 fully saturated rings. The molecule has 0 radical (unpaired) electrons. The molecule has 1 unspecified atom stereocenters. The van der Waals surface area contributed by atoms with E-state index in [0.29, 0.717) is 10.5 Å². The summed E-state index contributed by atoms with van der Waals surface area (Å²) in [5, 5.41) is 4.63. The van der Waals surface area contributed by atoms with E-state index >= 15 is 0 Å². The van der Waals surface area contributed by atoms with Crippen LogP contribution in [0.1, 0.15) is 103 Å². The number of unbranched alkanes of at least 4 members (excludes halogenated alkanes) is 10. The van der Waals surface area contributed by atoms with Crippen LogP contribution in [0.4, 0.5) is 0 Å². The number of hydrogen-bond acceptors (Lipinski definition) is 3. The average Bonchev–Trinajstić information content (AvgIpc) is 3.53. The van der Waals surface area contributed by atoms with Crippen LogP contribution in [0.3, 0.4) is 0 Å². The van der Waals surface area contributed by atoms with E-state index in [1.807, 2.05) is 11.8 Å². The second-order valence-electron chi connectivity index (χ2n) is 12.0. The highest BCUT2D eigenvalue weighted by Crippen LogP contribution is 2.38. The molecule has 0 aliphatic rings. The van der Waals surface area contributed by atoms with Crippen LogP contribution < -0.4 is 0 Å². The van der Waals surface area contributed by atoms with Crippen LogP contribution in [0.2, 0.25) is 0 Å². The van der Waals surface area contributed by atoms with E-state index in [1.54, 1.807) is 0 Å². The largest absolute Gasteiger partial charge is 0.456 e. The fourth-order valence-electron chi connectivity index (χ4n) is 6.00. The molecule has 5 aromatic rings. The van der Waals surface area contributed by atoms with Crippen LogP contribution in [0.25, 0.3) is 43.9 Å². The van der Waals surface area contributed by atoms with Gasteiger partial charge in [0, 0.05) is 26.4 Å². The number of rotatable bonds is 19. The predicted octanol–water partition coefficient (Wildman–Crippen LogP) is 12.9. The molecule has 0 bridgehead atoms. The lowest BCUT2D eigenvalue weighted by Crippen LogP contribution is -1.90. The van der Waals surface area contributed by atoms with Crippen LogP contribution in [-0.2, 0) is 6.42 Å². The Kier molecular flexibility index (Phi) is 12.0. The van der Waals surface area contributed by atoms with Gasteiger partial charge in [-0.3, -0.25) is 0 Å². The molecule has 0 spiro atoms. The first-order valence-electron chi connectivity index (χ1n) is 16.6. The normalized spacial score (nSPS) is 12.8. The highest BCUT2D eigenvalue weighted by atomic mass is 32.2.